The number of alkyl halides is 1. The third-order valence-electron chi connectivity index (χ3n) is 3.46. The van der Waals surface area contributed by atoms with Gasteiger partial charge in [-0.15, -0.1) is 0 Å². The lowest BCUT2D eigenvalue weighted by molar-refractivity contribution is 0.0613. The molecule has 0 amide bonds. The Kier molecular flexibility index (Phi) is 3.59. The van der Waals surface area contributed by atoms with Gasteiger partial charge in [-0.3, -0.25) is 0 Å². The zero-order chi connectivity index (χ0) is 10.7. The van der Waals surface area contributed by atoms with E-state index in [4.69, 9.17) is 10.5 Å². The maximum absolute atomic E-state index is 14.1. The molecule has 3 atom stereocenters. The van der Waals surface area contributed by atoms with Crippen molar-refractivity contribution >= 4 is 0 Å². The maximum atomic E-state index is 14.1. The van der Waals surface area contributed by atoms with Crippen molar-refractivity contribution < 1.29 is 9.13 Å². The summed E-state index contributed by atoms with van der Waals surface area (Å²) in [7, 11) is 0. The van der Waals surface area contributed by atoms with E-state index >= 15 is 0 Å². The summed E-state index contributed by atoms with van der Waals surface area (Å²) in [5, 5.41) is 3.27. The van der Waals surface area contributed by atoms with Gasteiger partial charge < -0.3 is 15.8 Å². The fourth-order valence-electron chi connectivity index (χ4n) is 2.51. The number of hydrogen-bond donors (Lipinski definition) is 2. The fraction of sp³-hybridized carbons (Fsp3) is 1.00. The first kappa shape index (κ1) is 11.3. The summed E-state index contributed by atoms with van der Waals surface area (Å²) in [4.78, 5) is 0. The summed E-state index contributed by atoms with van der Waals surface area (Å²) >= 11 is 0. The Labute approximate surface area is 90.5 Å². The Bertz CT molecular complexity index is 209. The van der Waals surface area contributed by atoms with Crippen molar-refractivity contribution in [2.45, 2.75) is 49.9 Å². The lowest BCUT2D eigenvalue weighted by Gasteiger charge is -2.27. The molecule has 1 saturated carbocycles. The quantitative estimate of drug-likeness (QED) is 0.739. The molecule has 0 radical (unpaired) electrons. The Hall–Kier alpha value is -0.190. The number of halogens is 1. The number of nitrogens with two attached hydrogens (primary N) is 1. The van der Waals surface area contributed by atoms with Crippen molar-refractivity contribution in [2.75, 3.05) is 19.8 Å². The lowest BCUT2D eigenvalue weighted by Crippen LogP contribution is -2.44. The highest BCUT2D eigenvalue weighted by molar-refractivity contribution is 4.94. The molecule has 3 unspecified atom stereocenters. The van der Waals surface area contributed by atoms with E-state index in [0.29, 0.717) is 25.4 Å². The molecule has 0 aromatic heterocycles. The van der Waals surface area contributed by atoms with E-state index in [1.54, 1.807) is 0 Å². The molecule has 4 heteroatoms. The van der Waals surface area contributed by atoms with Crippen molar-refractivity contribution in [3.8, 4) is 0 Å². The second-order valence-electron chi connectivity index (χ2n) is 4.95. The fourth-order valence-corrected chi connectivity index (χ4v) is 2.51. The molecular weight excluding hydrogens is 195 g/mol. The van der Waals surface area contributed by atoms with Crippen LogP contribution in [0.25, 0.3) is 0 Å². The van der Waals surface area contributed by atoms with Gasteiger partial charge in [-0.05, 0) is 32.1 Å². The molecule has 2 fully saturated rings. The molecule has 2 aliphatic rings. The SMILES string of the molecule is NC1CCC(F)(CNC2CCCOC2)C1. The Morgan fingerprint density at radius 3 is 2.93 bits per heavy atom. The first-order valence-corrected chi connectivity index (χ1v) is 5.94. The molecule has 0 aromatic rings. The normalized spacial score (nSPS) is 42.0. The van der Waals surface area contributed by atoms with Gasteiger partial charge in [0.15, 0.2) is 0 Å². The molecule has 0 bridgehead atoms. The Balaban J connectivity index is 1.72. The summed E-state index contributed by atoms with van der Waals surface area (Å²) in [5.74, 6) is 0. The van der Waals surface area contributed by atoms with Crippen LogP contribution in [0.5, 0.6) is 0 Å². The van der Waals surface area contributed by atoms with Gasteiger partial charge in [-0.2, -0.15) is 0 Å². The van der Waals surface area contributed by atoms with Crippen LogP contribution in [0, 0.1) is 0 Å². The number of ether oxygens (including phenoxy) is 1. The minimum atomic E-state index is -1.07. The zero-order valence-corrected chi connectivity index (χ0v) is 9.18. The summed E-state index contributed by atoms with van der Waals surface area (Å²) in [5.41, 5.74) is 4.65. The predicted octanol–water partition coefficient (Wildman–Crippen LogP) is 0.974. The lowest BCUT2D eigenvalue weighted by atomic mass is 10.0. The molecule has 1 aliphatic carbocycles. The zero-order valence-electron chi connectivity index (χ0n) is 9.18. The van der Waals surface area contributed by atoms with Crippen LogP contribution in [-0.4, -0.2) is 37.5 Å². The average molecular weight is 216 g/mol. The molecule has 3 nitrogen and oxygen atoms in total. The van der Waals surface area contributed by atoms with Crippen molar-refractivity contribution in [2.24, 2.45) is 5.73 Å². The predicted molar refractivity (Wildman–Crippen MR) is 57.5 cm³/mol. The van der Waals surface area contributed by atoms with Gasteiger partial charge in [-0.25, -0.2) is 4.39 Å². The number of hydrogen-bond acceptors (Lipinski definition) is 3. The first-order chi connectivity index (χ1) is 7.18. The van der Waals surface area contributed by atoms with Crippen LogP contribution in [0.4, 0.5) is 4.39 Å². The standard InChI is InChI=1S/C11H21FN2O/c12-11(4-3-9(13)6-11)8-14-10-2-1-5-15-7-10/h9-10,14H,1-8,13H2. The van der Waals surface area contributed by atoms with Crippen molar-refractivity contribution in [3.63, 3.8) is 0 Å². The Morgan fingerprint density at radius 1 is 1.47 bits per heavy atom. The third kappa shape index (κ3) is 3.13. The molecule has 3 N–H and O–H groups in total. The van der Waals surface area contributed by atoms with E-state index in [2.05, 4.69) is 5.32 Å². The summed E-state index contributed by atoms with van der Waals surface area (Å²) in [6.07, 6.45) is 4.11. The summed E-state index contributed by atoms with van der Waals surface area (Å²) in [6.45, 7) is 2.01. The second-order valence-corrected chi connectivity index (χ2v) is 4.95. The minimum Gasteiger partial charge on any atom is -0.380 e. The summed E-state index contributed by atoms with van der Waals surface area (Å²) in [6, 6.07) is 0.391. The largest absolute Gasteiger partial charge is 0.380 e. The van der Waals surface area contributed by atoms with Crippen LogP contribution in [0.1, 0.15) is 32.1 Å². The van der Waals surface area contributed by atoms with Gasteiger partial charge in [0, 0.05) is 25.2 Å². The van der Waals surface area contributed by atoms with E-state index in [1.807, 2.05) is 0 Å². The summed E-state index contributed by atoms with van der Waals surface area (Å²) < 4.78 is 19.5. The van der Waals surface area contributed by atoms with Crippen LogP contribution in [-0.2, 0) is 4.74 Å². The molecule has 1 aliphatic heterocycles. The smallest absolute Gasteiger partial charge is 0.125 e. The van der Waals surface area contributed by atoms with Crippen LogP contribution in [0.15, 0.2) is 0 Å². The molecule has 0 spiro atoms. The molecule has 0 aromatic carbocycles. The van der Waals surface area contributed by atoms with Gasteiger partial charge in [-0.1, -0.05) is 0 Å². The molecule has 1 heterocycles. The van der Waals surface area contributed by atoms with Gasteiger partial charge in [0.2, 0.25) is 0 Å². The molecule has 2 rings (SSSR count). The van der Waals surface area contributed by atoms with Crippen LogP contribution >= 0.6 is 0 Å². The number of rotatable bonds is 3. The van der Waals surface area contributed by atoms with Gasteiger partial charge in [0.1, 0.15) is 5.67 Å². The van der Waals surface area contributed by atoms with Crippen molar-refractivity contribution in [3.05, 3.63) is 0 Å². The molecule has 1 saturated heterocycles. The van der Waals surface area contributed by atoms with Crippen molar-refractivity contribution in [1.82, 2.24) is 5.32 Å². The molecular formula is C11H21FN2O. The molecule has 88 valence electrons. The van der Waals surface area contributed by atoms with Gasteiger partial charge in [0.25, 0.3) is 0 Å². The van der Waals surface area contributed by atoms with Crippen LogP contribution < -0.4 is 11.1 Å². The van der Waals surface area contributed by atoms with Gasteiger partial charge in [0.05, 0.1) is 6.61 Å². The second kappa shape index (κ2) is 4.76. The van der Waals surface area contributed by atoms with E-state index < -0.39 is 5.67 Å². The van der Waals surface area contributed by atoms with E-state index in [0.717, 1.165) is 32.5 Å². The highest BCUT2D eigenvalue weighted by atomic mass is 19.1. The highest BCUT2D eigenvalue weighted by Gasteiger charge is 2.38. The number of nitrogens with one attached hydrogen (secondary N) is 1. The van der Waals surface area contributed by atoms with Gasteiger partial charge >= 0.3 is 0 Å². The van der Waals surface area contributed by atoms with Crippen molar-refractivity contribution in [1.29, 1.82) is 0 Å². The maximum Gasteiger partial charge on any atom is 0.125 e. The van der Waals surface area contributed by atoms with E-state index in [1.165, 1.54) is 0 Å². The molecule has 15 heavy (non-hydrogen) atoms. The first-order valence-electron chi connectivity index (χ1n) is 5.94. The van der Waals surface area contributed by atoms with E-state index in [-0.39, 0.29) is 6.04 Å². The average Bonchev–Trinajstić information content (AvgIpc) is 2.58. The highest BCUT2D eigenvalue weighted by Crippen LogP contribution is 2.32. The topological polar surface area (TPSA) is 47.3 Å². The van der Waals surface area contributed by atoms with Crippen LogP contribution in [0.3, 0.4) is 0 Å². The van der Waals surface area contributed by atoms with Crippen LogP contribution in [0.2, 0.25) is 0 Å². The minimum absolute atomic E-state index is 0.0550. The third-order valence-corrected chi connectivity index (χ3v) is 3.46. The Morgan fingerprint density at radius 2 is 2.33 bits per heavy atom. The monoisotopic (exact) mass is 216 g/mol. The van der Waals surface area contributed by atoms with E-state index in [9.17, 15) is 4.39 Å².